The van der Waals surface area contributed by atoms with Gasteiger partial charge in [-0.2, -0.15) is 0 Å². The van der Waals surface area contributed by atoms with Crippen LogP contribution in [0.2, 0.25) is 0 Å². The summed E-state index contributed by atoms with van der Waals surface area (Å²) in [5.41, 5.74) is 0. The second-order valence-electron chi connectivity index (χ2n) is 2.77. The van der Waals surface area contributed by atoms with Gasteiger partial charge in [0.2, 0.25) is 6.10 Å². The Hall–Kier alpha value is -2.10. The van der Waals surface area contributed by atoms with Gasteiger partial charge in [0.1, 0.15) is 0 Å². The first-order valence-electron chi connectivity index (χ1n) is 3.74. The van der Waals surface area contributed by atoms with Crippen LogP contribution in [0.5, 0.6) is 0 Å². The molecule has 1 heterocycles. The van der Waals surface area contributed by atoms with Crippen molar-refractivity contribution in [2.75, 3.05) is 0 Å². The van der Waals surface area contributed by atoms with Crippen LogP contribution in [0, 0.1) is 19.7 Å². The molecule has 0 bridgehead atoms. The number of hydrogen-bond acceptors (Lipinski definition) is 2. The lowest BCUT2D eigenvalue weighted by Crippen LogP contribution is -2.38. The molecule has 1 fully saturated rings. The molecule has 0 aliphatic carbocycles. The summed E-state index contributed by atoms with van der Waals surface area (Å²) < 4.78 is 0. The number of rotatable bonds is 1. The molecule has 0 aromatic carbocycles. The van der Waals surface area contributed by atoms with Crippen LogP contribution in [0.15, 0.2) is 0 Å². The summed E-state index contributed by atoms with van der Waals surface area (Å²) in [7, 11) is 0. The zero-order valence-electron chi connectivity index (χ0n) is 7.01. The zero-order chi connectivity index (χ0) is 10.7. The molecule has 0 spiro atoms. The Kier molecular flexibility index (Phi) is 2.67. The van der Waals surface area contributed by atoms with Crippen molar-refractivity contribution in [1.29, 1.82) is 0 Å². The SMILES string of the molecule is [C-]#[N+]C([N+]#[C-])C1NC(=O)C(O)C1[N+]#[C-]. The van der Waals surface area contributed by atoms with Gasteiger partial charge < -0.3 is 15.3 Å². The second kappa shape index (κ2) is 3.74. The predicted molar refractivity (Wildman–Crippen MR) is 45.3 cm³/mol. The van der Waals surface area contributed by atoms with E-state index in [2.05, 4.69) is 19.9 Å². The summed E-state index contributed by atoms with van der Waals surface area (Å²) in [4.78, 5) is 20.0. The van der Waals surface area contributed by atoms with Gasteiger partial charge >= 0.3 is 6.17 Å². The Morgan fingerprint density at radius 1 is 1.36 bits per heavy atom. The van der Waals surface area contributed by atoms with Gasteiger partial charge in [0.25, 0.3) is 18.0 Å². The molecule has 1 rings (SSSR count). The van der Waals surface area contributed by atoms with Crippen LogP contribution >= 0.6 is 0 Å². The van der Waals surface area contributed by atoms with Gasteiger partial charge in [-0.1, -0.05) is 0 Å². The van der Waals surface area contributed by atoms with Crippen LogP contribution in [-0.4, -0.2) is 35.4 Å². The number of nitrogens with one attached hydrogen (secondary N) is 1. The van der Waals surface area contributed by atoms with Gasteiger partial charge in [-0.25, -0.2) is 29.4 Å². The van der Waals surface area contributed by atoms with E-state index in [0.717, 1.165) is 0 Å². The van der Waals surface area contributed by atoms with E-state index < -0.39 is 30.3 Å². The molecule has 6 heteroatoms. The number of aliphatic hydroxyl groups is 1. The van der Waals surface area contributed by atoms with Crippen molar-refractivity contribution in [3.63, 3.8) is 0 Å². The fourth-order valence-corrected chi connectivity index (χ4v) is 1.28. The molecule has 6 nitrogen and oxygen atoms in total. The molecule has 70 valence electrons. The molecule has 0 saturated carbocycles. The lowest BCUT2D eigenvalue weighted by Gasteiger charge is -2.03. The van der Waals surface area contributed by atoms with Gasteiger partial charge in [-0.05, 0) is 0 Å². The van der Waals surface area contributed by atoms with Gasteiger partial charge in [0.15, 0.2) is 0 Å². The summed E-state index contributed by atoms with van der Waals surface area (Å²) in [6.07, 6.45) is -2.56. The summed E-state index contributed by atoms with van der Waals surface area (Å²) in [6, 6.07) is -1.92. The molecule has 1 amide bonds. The summed E-state index contributed by atoms with van der Waals surface area (Å²) in [5.74, 6) is -0.687. The van der Waals surface area contributed by atoms with Gasteiger partial charge in [-0.15, -0.1) is 0 Å². The minimum absolute atomic E-state index is 0.687. The summed E-state index contributed by atoms with van der Waals surface area (Å²) in [6.45, 7) is 20.2. The normalized spacial score (nSPS) is 30.2. The first-order chi connectivity index (χ1) is 6.65. The van der Waals surface area contributed by atoms with Crippen LogP contribution in [0.4, 0.5) is 0 Å². The Morgan fingerprint density at radius 2 is 1.93 bits per heavy atom. The van der Waals surface area contributed by atoms with Crippen LogP contribution < -0.4 is 5.32 Å². The molecule has 3 atom stereocenters. The summed E-state index contributed by atoms with van der Waals surface area (Å²) >= 11 is 0. The molecule has 1 aliphatic heterocycles. The molecule has 3 unspecified atom stereocenters. The number of carbonyl (C=O) groups excluding carboxylic acids is 1. The average molecular weight is 190 g/mol. The fraction of sp³-hybridized carbons (Fsp3) is 0.500. The van der Waals surface area contributed by atoms with Crippen molar-refractivity contribution < 1.29 is 9.90 Å². The number of nitrogens with zero attached hydrogens (tertiary/aromatic N) is 3. The van der Waals surface area contributed by atoms with Crippen LogP contribution in [0.25, 0.3) is 14.5 Å². The largest absolute Gasteiger partial charge is 0.502 e. The van der Waals surface area contributed by atoms with E-state index in [9.17, 15) is 9.90 Å². The van der Waals surface area contributed by atoms with Gasteiger partial charge in [0.05, 0.1) is 0 Å². The molecule has 0 aromatic heterocycles. The van der Waals surface area contributed by atoms with Gasteiger partial charge in [0, 0.05) is 0 Å². The smallest absolute Gasteiger partial charge is 0.376 e. The van der Waals surface area contributed by atoms with E-state index >= 15 is 0 Å². The highest BCUT2D eigenvalue weighted by Gasteiger charge is 2.56. The second-order valence-corrected chi connectivity index (χ2v) is 2.77. The predicted octanol–water partition coefficient (Wildman–Crippen LogP) is -0.702. The number of carbonyl (C=O) groups is 1. The van der Waals surface area contributed by atoms with E-state index in [1.165, 1.54) is 0 Å². The number of amides is 1. The van der Waals surface area contributed by atoms with Crippen molar-refractivity contribution in [3.05, 3.63) is 34.3 Å². The Bertz CT molecular complexity index is 358. The van der Waals surface area contributed by atoms with Crippen molar-refractivity contribution in [1.82, 2.24) is 5.32 Å². The first-order valence-corrected chi connectivity index (χ1v) is 3.74. The van der Waals surface area contributed by atoms with E-state index in [1.54, 1.807) is 0 Å². The highest BCUT2D eigenvalue weighted by molar-refractivity contribution is 5.85. The van der Waals surface area contributed by atoms with Crippen LogP contribution in [0.3, 0.4) is 0 Å². The summed E-state index contributed by atoms with van der Waals surface area (Å²) in [5, 5.41) is 11.5. The number of hydrogen-bond donors (Lipinski definition) is 2. The molecule has 1 saturated heterocycles. The molecular formula is C8H6N4O2. The van der Waals surface area contributed by atoms with E-state index in [-0.39, 0.29) is 0 Å². The maximum atomic E-state index is 11.0. The van der Waals surface area contributed by atoms with E-state index in [1.807, 2.05) is 0 Å². The number of aliphatic hydroxyl groups excluding tert-OH is 1. The van der Waals surface area contributed by atoms with Crippen LogP contribution in [-0.2, 0) is 4.79 Å². The van der Waals surface area contributed by atoms with E-state index in [4.69, 9.17) is 19.7 Å². The topological polar surface area (TPSA) is 62.4 Å². The third kappa shape index (κ3) is 1.37. The molecular weight excluding hydrogens is 184 g/mol. The first kappa shape index (κ1) is 9.98. The molecule has 0 aromatic rings. The third-order valence-corrected chi connectivity index (χ3v) is 2.00. The maximum Gasteiger partial charge on any atom is 0.502 e. The molecule has 0 radical (unpaired) electrons. The Morgan fingerprint density at radius 3 is 2.36 bits per heavy atom. The van der Waals surface area contributed by atoms with Crippen molar-refractivity contribution in [2.24, 2.45) is 0 Å². The van der Waals surface area contributed by atoms with Crippen molar-refractivity contribution >= 4 is 5.91 Å². The minimum atomic E-state index is -1.43. The lowest BCUT2D eigenvalue weighted by molar-refractivity contribution is -0.126. The standard InChI is InChI=1S/C8H6N4O2/c1-9-4-5(7(10-2)11-3)12-8(14)6(4)13/h4-7,13H,(H,12,14). The molecule has 1 aliphatic rings. The monoisotopic (exact) mass is 190 g/mol. The lowest BCUT2D eigenvalue weighted by atomic mass is 10.1. The van der Waals surface area contributed by atoms with Gasteiger partial charge in [-0.3, -0.25) is 4.79 Å². The Balaban J connectivity index is 2.94. The van der Waals surface area contributed by atoms with Crippen molar-refractivity contribution in [3.8, 4) is 0 Å². The molecule has 2 N–H and O–H groups in total. The Labute approximate surface area is 80.6 Å². The third-order valence-electron chi connectivity index (χ3n) is 2.00. The maximum absolute atomic E-state index is 11.0. The average Bonchev–Trinajstić information content (AvgIpc) is 2.45. The highest BCUT2D eigenvalue weighted by Crippen LogP contribution is 2.19. The fourth-order valence-electron chi connectivity index (χ4n) is 1.28. The molecule has 14 heavy (non-hydrogen) atoms. The van der Waals surface area contributed by atoms with Crippen molar-refractivity contribution in [2.45, 2.75) is 24.4 Å². The highest BCUT2D eigenvalue weighted by atomic mass is 16.3. The van der Waals surface area contributed by atoms with Crippen LogP contribution in [0.1, 0.15) is 0 Å². The minimum Gasteiger partial charge on any atom is -0.376 e. The zero-order valence-corrected chi connectivity index (χ0v) is 7.01. The quantitative estimate of drug-likeness (QED) is 0.537. The van der Waals surface area contributed by atoms with E-state index in [0.29, 0.717) is 0 Å².